The number of rotatable bonds is 9. The summed E-state index contributed by atoms with van der Waals surface area (Å²) >= 11 is 0. The molecule has 0 radical (unpaired) electrons. The van der Waals surface area contributed by atoms with Gasteiger partial charge in [-0.15, -0.1) is 0 Å². The Morgan fingerprint density at radius 3 is 2.68 bits per heavy atom. The van der Waals surface area contributed by atoms with E-state index in [-0.39, 0.29) is 6.04 Å². The average molecular weight is 273 g/mol. The molecule has 1 saturated carbocycles. The molecule has 1 aliphatic carbocycles. The molecule has 0 saturated heterocycles. The zero-order valence-electron chi connectivity index (χ0n) is 12.7. The number of methoxy groups -OCH3 is 1. The van der Waals surface area contributed by atoms with Crippen LogP contribution < -0.4 is 5.32 Å². The van der Waals surface area contributed by atoms with E-state index >= 15 is 0 Å². The summed E-state index contributed by atoms with van der Waals surface area (Å²) in [6, 6.07) is 0.262. The van der Waals surface area contributed by atoms with Crippen molar-refractivity contribution in [2.75, 3.05) is 26.9 Å². The Bertz CT molecular complexity index is 225. The second-order valence-corrected chi connectivity index (χ2v) is 5.74. The van der Waals surface area contributed by atoms with E-state index in [9.17, 15) is 5.11 Å². The monoisotopic (exact) mass is 273 g/mol. The van der Waals surface area contributed by atoms with Gasteiger partial charge in [-0.3, -0.25) is 0 Å². The lowest BCUT2D eigenvalue weighted by atomic mass is 9.85. The zero-order chi connectivity index (χ0) is 14.1. The SMILES string of the molecule is CCC1CCCCC1OCC(O)CNC(C)COC. The summed E-state index contributed by atoms with van der Waals surface area (Å²) < 4.78 is 11.0. The normalized spacial score (nSPS) is 27.2. The van der Waals surface area contributed by atoms with Crippen molar-refractivity contribution in [1.29, 1.82) is 0 Å². The van der Waals surface area contributed by atoms with Crippen LogP contribution in [0.1, 0.15) is 46.0 Å². The molecule has 1 aliphatic rings. The fourth-order valence-electron chi connectivity index (χ4n) is 2.80. The summed E-state index contributed by atoms with van der Waals surface area (Å²) in [7, 11) is 1.69. The number of nitrogens with one attached hydrogen (secondary N) is 1. The van der Waals surface area contributed by atoms with Crippen molar-refractivity contribution in [3.8, 4) is 0 Å². The van der Waals surface area contributed by atoms with Crippen molar-refractivity contribution in [3.63, 3.8) is 0 Å². The Hall–Kier alpha value is -0.160. The van der Waals surface area contributed by atoms with Gasteiger partial charge in [0.05, 0.1) is 25.4 Å². The van der Waals surface area contributed by atoms with Crippen molar-refractivity contribution >= 4 is 0 Å². The molecule has 0 aromatic heterocycles. The van der Waals surface area contributed by atoms with Crippen LogP contribution in [-0.2, 0) is 9.47 Å². The van der Waals surface area contributed by atoms with Crippen LogP contribution in [0.15, 0.2) is 0 Å². The lowest BCUT2D eigenvalue weighted by molar-refractivity contribution is -0.0505. The van der Waals surface area contributed by atoms with Crippen LogP contribution in [0.3, 0.4) is 0 Å². The van der Waals surface area contributed by atoms with Gasteiger partial charge in [0.15, 0.2) is 0 Å². The summed E-state index contributed by atoms with van der Waals surface area (Å²) in [4.78, 5) is 0. The Balaban J connectivity index is 2.16. The highest BCUT2D eigenvalue weighted by atomic mass is 16.5. The molecule has 0 amide bonds. The van der Waals surface area contributed by atoms with Gasteiger partial charge in [-0.25, -0.2) is 0 Å². The molecule has 0 spiro atoms. The fourth-order valence-corrected chi connectivity index (χ4v) is 2.80. The Morgan fingerprint density at radius 2 is 2.00 bits per heavy atom. The van der Waals surface area contributed by atoms with Gasteiger partial charge in [0.2, 0.25) is 0 Å². The predicted molar refractivity (Wildman–Crippen MR) is 77.3 cm³/mol. The molecule has 4 atom stereocenters. The molecule has 1 rings (SSSR count). The number of hydrogen-bond donors (Lipinski definition) is 2. The molecule has 4 heteroatoms. The first-order chi connectivity index (χ1) is 9.17. The Morgan fingerprint density at radius 1 is 1.26 bits per heavy atom. The lowest BCUT2D eigenvalue weighted by Crippen LogP contribution is -2.39. The van der Waals surface area contributed by atoms with E-state index in [2.05, 4.69) is 12.2 Å². The lowest BCUT2D eigenvalue weighted by Gasteiger charge is -2.31. The third-order valence-corrected chi connectivity index (χ3v) is 3.99. The highest BCUT2D eigenvalue weighted by molar-refractivity contribution is 4.75. The topological polar surface area (TPSA) is 50.7 Å². The van der Waals surface area contributed by atoms with E-state index < -0.39 is 6.10 Å². The van der Waals surface area contributed by atoms with Crippen molar-refractivity contribution < 1.29 is 14.6 Å². The van der Waals surface area contributed by atoms with Crippen LogP contribution in [0.2, 0.25) is 0 Å². The first-order valence-electron chi connectivity index (χ1n) is 7.69. The minimum Gasteiger partial charge on any atom is -0.389 e. The zero-order valence-corrected chi connectivity index (χ0v) is 12.7. The summed E-state index contributed by atoms with van der Waals surface area (Å²) in [6.07, 6.45) is 6.13. The highest BCUT2D eigenvalue weighted by Gasteiger charge is 2.24. The van der Waals surface area contributed by atoms with Crippen LogP contribution >= 0.6 is 0 Å². The van der Waals surface area contributed by atoms with E-state index in [0.29, 0.717) is 31.8 Å². The smallest absolute Gasteiger partial charge is 0.0897 e. The molecule has 114 valence electrons. The van der Waals surface area contributed by atoms with Gasteiger partial charge < -0.3 is 19.9 Å². The van der Waals surface area contributed by atoms with Crippen LogP contribution in [0, 0.1) is 5.92 Å². The second kappa shape index (κ2) is 9.70. The standard InChI is InChI=1S/C15H31NO3/c1-4-13-7-5-6-8-15(13)19-11-14(17)9-16-12(2)10-18-3/h12-17H,4-11H2,1-3H3. The Labute approximate surface area is 117 Å². The number of aliphatic hydroxyl groups excluding tert-OH is 1. The molecule has 0 aliphatic heterocycles. The molecule has 0 bridgehead atoms. The van der Waals surface area contributed by atoms with Gasteiger partial charge in [-0.1, -0.05) is 26.2 Å². The van der Waals surface area contributed by atoms with Gasteiger partial charge in [0.1, 0.15) is 0 Å². The average Bonchev–Trinajstić information content (AvgIpc) is 2.43. The number of hydrogen-bond acceptors (Lipinski definition) is 4. The molecule has 4 nitrogen and oxygen atoms in total. The van der Waals surface area contributed by atoms with Crippen molar-refractivity contribution in [2.24, 2.45) is 5.92 Å². The van der Waals surface area contributed by atoms with E-state index in [1.807, 2.05) is 6.92 Å². The first-order valence-corrected chi connectivity index (χ1v) is 7.69. The quantitative estimate of drug-likeness (QED) is 0.674. The third-order valence-electron chi connectivity index (χ3n) is 3.99. The second-order valence-electron chi connectivity index (χ2n) is 5.74. The summed E-state index contributed by atoms with van der Waals surface area (Å²) in [5, 5.41) is 13.2. The minimum absolute atomic E-state index is 0.262. The van der Waals surface area contributed by atoms with Crippen molar-refractivity contribution in [3.05, 3.63) is 0 Å². The Kier molecular flexibility index (Phi) is 8.62. The summed E-state index contributed by atoms with van der Waals surface area (Å²) in [6.45, 7) is 5.94. The summed E-state index contributed by atoms with van der Waals surface area (Å²) in [5.41, 5.74) is 0. The van der Waals surface area contributed by atoms with Crippen molar-refractivity contribution in [2.45, 2.75) is 64.2 Å². The van der Waals surface area contributed by atoms with Gasteiger partial charge in [0, 0.05) is 19.7 Å². The highest BCUT2D eigenvalue weighted by Crippen LogP contribution is 2.29. The molecular formula is C15H31NO3. The maximum atomic E-state index is 9.93. The molecule has 0 aromatic carbocycles. The predicted octanol–water partition coefficient (Wildman–Crippen LogP) is 1.96. The number of ether oxygens (including phenoxy) is 2. The number of aliphatic hydroxyl groups is 1. The van der Waals surface area contributed by atoms with E-state index in [4.69, 9.17) is 9.47 Å². The molecule has 19 heavy (non-hydrogen) atoms. The van der Waals surface area contributed by atoms with Crippen LogP contribution in [0.4, 0.5) is 0 Å². The van der Waals surface area contributed by atoms with Gasteiger partial charge >= 0.3 is 0 Å². The largest absolute Gasteiger partial charge is 0.389 e. The fraction of sp³-hybridized carbons (Fsp3) is 1.00. The summed E-state index contributed by atoms with van der Waals surface area (Å²) in [5.74, 6) is 0.682. The third kappa shape index (κ3) is 6.70. The maximum absolute atomic E-state index is 9.93. The van der Waals surface area contributed by atoms with Crippen LogP contribution in [0.5, 0.6) is 0 Å². The van der Waals surface area contributed by atoms with Gasteiger partial charge in [0.25, 0.3) is 0 Å². The minimum atomic E-state index is -0.432. The van der Waals surface area contributed by atoms with E-state index in [1.165, 1.54) is 25.7 Å². The van der Waals surface area contributed by atoms with Gasteiger partial charge in [-0.2, -0.15) is 0 Å². The molecule has 4 unspecified atom stereocenters. The molecule has 0 heterocycles. The first kappa shape index (κ1) is 16.9. The van der Waals surface area contributed by atoms with E-state index in [0.717, 1.165) is 6.42 Å². The maximum Gasteiger partial charge on any atom is 0.0897 e. The van der Waals surface area contributed by atoms with Crippen LogP contribution in [0.25, 0.3) is 0 Å². The van der Waals surface area contributed by atoms with E-state index in [1.54, 1.807) is 7.11 Å². The molecular weight excluding hydrogens is 242 g/mol. The van der Waals surface area contributed by atoms with Crippen LogP contribution in [-0.4, -0.2) is 50.2 Å². The molecule has 1 fully saturated rings. The van der Waals surface area contributed by atoms with Gasteiger partial charge in [-0.05, 0) is 25.7 Å². The molecule has 2 N–H and O–H groups in total. The molecule has 0 aromatic rings. The van der Waals surface area contributed by atoms with Crippen molar-refractivity contribution in [1.82, 2.24) is 5.32 Å².